The Morgan fingerprint density at radius 3 is 2.75 bits per heavy atom. The van der Waals surface area contributed by atoms with Gasteiger partial charge in [-0.2, -0.15) is 5.10 Å². The van der Waals surface area contributed by atoms with Crippen molar-refractivity contribution in [2.24, 2.45) is 0 Å². The Morgan fingerprint density at radius 2 is 1.94 bits per heavy atom. The molecule has 8 nitrogen and oxygen atoms in total. The fraction of sp³-hybridized carbons (Fsp3) is 0.348. The van der Waals surface area contributed by atoms with Gasteiger partial charge in [-0.05, 0) is 17.7 Å². The molecule has 2 saturated heterocycles. The van der Waals surface area contributed by atoms with Gasteiger partial charge < -0.3 is 14.4 Å². The molecule has 2 aliphatic heterocycles. The third kappa shape index (κ3) is 3.16. The van der Waals surface area contributed by atoms with Crippen molar-refractivity contribution in [1.29, 1.82) is 0 Å². The van der Waals surface area contributed by atoms with Crippen LogP contribution in [0.3, 0.4) is 0 Å². The Hall–Kier alpha value is -3.30. The van der Waals surface area contributed by atoms with E-state index >= 15 is 0 Å². The van der Waals surface area contributed by atoms with E-state index in [-0.39, 0.29) is 5.75 Å². The number of halogens is 1. The summed E-state index contributed by atoms with van der Waals surface area (Å²) in [6.07, 6.45) is 7.39. The van der Waals surface area contributed by atoms with Crippen molar-refractivity contribution in [2.45, 2.75) is 6.04 Å². The number of anilines is 1. The Bertz CT molecular complexity index is 1300. The fourth-order valence-corrected chi connectivity index (χ4v) is 4.60. The van der Waals surface area contributed by atoms with Crippen LogP contribution in [0.2, 0.25) is 0 Å². The number of pyridine rings is 1. The van der Waals surface area contributed by atoms with Gasteiger partial charge in [0.2, 0.25) is 0 Å². The molecule has 0 saturated carbocycles. The summed E-state index contributed by atoms with van der Waals surface area (Å²) in [7, 11) is 1.46. The highest BCUT2D eigenvalue weighted by Gasteiger charge is 2.33. The number of ether oxygens (including phenoxy) is 2. The second-order valence-electron chi connectivity index (χ2n) is 8.21. The van der Waals surface area contributed by atoms with E-state index < -0.39 is 5.82 Å². The van der Waals surface area contributed by atoms with E-state index in [1.54, 1.807) is 23.0 Å². The van der Waals surface area contributed by atoms with Crippen LogP contribution in [0.15, 0.2) is 43.0 Å². The maximum Gasteiger partial charge on any atom is 0.167 e. The first kappa shape index (κ1) is 19.4. The average Bonchev–Trinajstić information content (AvgIpc) is 3.21. The second-order valence-corrected chi connectivity index (χ2v) is 8.21. The summed E-state index contributed by atoms with van der Waals surface area (Å²) in [5.74, 6) is -0.247. The van der Waals surface area contributed by atoms with Gasteiger partial charge in [0, 0.05) is 55.4 Å². The lowest BCUT2D eigenvalue weighted by molar-refractivity contribution is 0.0105. The molecule has 5 heterocycles. The lowest BCUT2D eigenvalue weighted by atomic mass is 10.0. The number of aromatic nitrogens is 4. The van der Waals surface area contributed by atoms with Crippen LogP contribution in [0, 0.1) is 5.82 Å². The zero-order valence-corrected chi connectivity index (χ0v) is 17.7. The topological polar surface area (TPSA) is 68.0 Å². The molecule has 0 aliphatic carbocycles. The summed E-state index contributed by atoms with van der Waals surface area (Å²) in [4.78, 5) is 13.9. The van der Waals surface area contributed by atoms with Gasteiger partial charge in [0.05, 0.1) is 50.1 Å². The average molecular weight is 434 g/mol. The first-order chi connectivity index (χ1) is 15.7. The highest BCUT2D eigenvalue weighted by Crippen LogP contribution is 2.34. The predicted molar refractivity (Wildman–Crippen MR) is 119 cm³/mol. The zero-order valence-electron chi connectivity index (χ0n) is 17.7. The number of hydrogen-bond donors (Lipinski definition) is 0. The summed E-state index contributed by atoms with van der Waals surface area (Å²) >= 11 is 0. The van der Waals surface area contributed by atoms with E-state index in [0.717, 1.165) is 67.2 Å². The molecule has 32 heavy (non-hydrogen) atoms. The van der Waals surface area contributed by atoms with Crippen molar-refractivity contribution in [3.05, 3.63) is 48.8 Å². The van der Waals surface area contributed by atoms with E-state index in [2.05, 4.69) is 19.9 Å². The van der Waals surface area contributed by atoms with E-state index in [4.69, 9.17) is 14.5 Å². The van der Waals surface area contributed by atoms with Crippen LogP contribution < -0.4 is 9.64 Å². The zero-order chi connectivity index (χ0) is 21.7. The van der Waals surface area contributed by atoms with Crippen LogP contribution >= 0.6 is 0 Å². The van der Waals surface area contributed by atoms with Crippen molar-refractivity contribution < 1.29 is 13.9 Å². The highest BCUT2D eigenvalue weighted by atomic mass is 19.1. The summed E-state index contributed by atoms with van der Waals surface area (Å²) < 4.78 is 26.6. The molecular weight excluding hydrogens is 411 g/mol. The summed E-state index contributed by atoms with van der Waals surface area (Å²) in [5, 5.41) is 5.34. The van der Waals surface area contributed by atoms with E-state index in [1.807, 2.05) is 18.5 Å². The molecule has 2 aliphatic rings. The molecule has 0 radical (unpaired) electrons. The molecule has 6 rings (SSSR count). The van der Waals surface area contributed by atoms with Gasteiger partial charge in [-0.3, -0.25) is 9.88 Å². The van der Waals surface area contributed by atoms with Gasteiger partial charge in [0.15, 0.2) is 17.2 Å². The van der Waals surface area contributed by atoms with E-state index in [1.165, 1.54) is 13.2 Å². The first-order valence-corrected chi connectivity index (χ1v) is 10.7. The molecule has 0 amide bonds. The molecule has 0 bridgehead atoms. The normalized spacial score (nSPS) is 17.8. The molecule has 3 aromatic heterocycles. The van der Waals surface area contributed by atoms with Crippen molar-refractivity contribution in [2.75, 3.05) is 51.4 Å². The maximum atomic E-state index is 14.1. The smallest absolute Gasteiger partial charge is 0.167 e. The van der Waals surface area contributed by atoms with Crippen LogP contribution in [-0.4, -0.2) is 77.0 Å². The molecule has 9 heteroatoms. The number of hydrogen-bond acceptors (Lipinski definition) is 7. The SMILES string of the molecule is COc1cc2c(-c3cnn4cc(N5CC(N6CCOCC6)C5)cnc34)ccnc2cc1F. The Morgan fingerprint density at radius 1 is 1.09 bits per heavy atom. The minimum absolute atomic E-state index is 0.186. The van der Waals surface area contributed by atoms with Crippen LogP contribution in [0.4, 0.5) is 10.1 Å². The lowest BCUT2D eigenvalue weighted by Crippen LogP contribution is -2.61. The number of nitrogens with zero attached hydrogens (tertiary/aromatic N) is 6. The molecule has 0 atom stereocenters. The minimum Gasteiger partial charge on any atom is -0.494 e. The van der Waals surface area contributed by atoms with Crippen LogP contribution in [0.1, 0.15) is 0 Å². The number of methoxy groups -OCH3 is 1. The quantitative estimate of drug-likeness (QED) is 0.489. The van der Waals surface area contributed by atoms with Crippen molar-refractivity contribution >= 4 is 22.2 Å². The largest absolute Gasteiger partial charge is 0.494 e. The summed E-state index contributed by atoms with van der Waals surface area (Å²) in [5.41, 5.74) is 4.12. The number of fused-ring (bicyclic) bond motifs is 2. The second kappa shape index (κ2) is 7.68. The molecule has 164 valence electrons. The Kier molecular flexibility index (Phi) is 4.65. The lowest BCUT2D eigenvalue weighted by Gasteiger charge is -2.47. The Labute approximate surface area is 184 Å². The molecule has 2 fully saturated rings. The summed E-state index contributed by atoms with van der Waals surface area (Å²) in [6.45, 7) is 5.63. The number of rotatable bonds is 4. The van der Waals surface area contributed by atoms with Gasteiger partial charge in [-0.1, -0.05) is 0 Å². The number of morpholine rings is 1. The van der Waals surface area contributed by atoms with Gasteiger partial charge in [0.1, 0.15) is 0 Å². The monoisotopic (exact) mass is 434 g/mol. The molecule has 0 unspecified atom stereocenters. The Balaban J connectivity index is 1.31. The summed E-state index contributed by atoms with van der Waals surface area (Å²) in [6, 6.07) is 5.54. The van der Waals surface area contributed by atoms with Crippen molar-refractivity contribution in [3.63, 3.8) is 0 Å². The fourth-order valence-electron chi connectivity index (χ4n) is 4.60. The minimum atomic E-state index is -0.433. The maximum absolute atomic E-state index is 14.1. The predicted octanol–water partition coefficient (Wildman–Crippen LogP) is 2.61. The first-order valence-electron chi connectivity index (χ1n) is 10.7. The number of benzene rings is 1. The molecule has 4 aromatic rings. The molecule has 1 aromatic carbocycles. The van der Waals surface area contributed by atoms with Gasteiger partial charge in [-0.15, -0.1) is 0 Å². The van der Waals surface area contributed by atoms with E-state index in [0.29, 0.717) is 11.6 Å². The van der Waals surface area contributed by atoms with Gasteiger partial charge in [-0.25, -0.2) is 13.9 Å². The van der Waals surface area contributed by atoms with Crippen LogP contribution in [-0.2, 0) is 4.74 Å². The third-order valence-electron chi connectivity index (χ3n) is 6.44. The standard InChI is InChI=1S/C23H23FN6O2/c1-31-22-8-18-17(2-3-25-21(18)9-20(22)24)19-11-27-30-14-15(10-26-23(19)30)29-12-16(13-29)28-4-6-32-7-5-28/h2-3,8-11,14,16H,4-7,12-13H2,1H3. The molecule has 0 N–H and O–H groups in total. The van der Waals surface area contributed by atoms with Gasteiger partial charge in [0.25, 0.3) is 0 Å². The third-order valence-corrected chi connectivity index (χ3v) is 6.44. The highest BCUT2D eigenvalue weighted by molar-refractivity contribution is 5.98. The molecule has 0 spiro atoms. The van der Waals surface area contributed by atoms with Gasteiger partial charge >= 0.3 is 0 Å². The van der Waals surface area contributed by atoms with Crippen molar-refractivity contribution in [3.8, 4) is 16.9 Å². The van der Waals surface area contributed by atoms with Crippen LogP contribution in [0.5, 0.6) is 5.75 Å². The van der Waals surface area contributed by atoms with Crippen molar-refractivity contribution in [1.82, 2.24) is 24.5 Å². The molecular formula is C23H23FN6O2. The van der Waals surface area contributed by atoms with Crippen LogP contribution in [0.25, 0.3) is 27.7 Å². The van der Waals surface area contributed by atoms with E-state index in [9.17, 15) is 4.39 Å².